The third-order valence-electron chi connectivity index (χ3n) is 11.4. The molecule has 15 nitrogen and oxygen atoms in total. The largest absolute Gasteiger partial charge is 0.493 e. The predicted octanol–water partition coefficient (Wildman–Crippen LogP) is 6.44. The normalized spacial score (nSPS) is 18.1. The van der Waals surface area contributed by atoms with Crippen LogP contribution in [0.5, 0.6) is 11.5 Å². The summed E-state index contributed by atoms with van der Waals surface area (Å²) in [6, 6.07) is 10.6. The number of nitrogens with two attached hydrogens (primary N) is 1. The molecule has 0 spiro atoms. The van der Waals surface area contributed by atoms with E-state index in [2.05, 4.69) is 25.9 Å². The van der Waals surface area contributed by atoms with Gasteiger partial charge in [-0.3, -0.25) is 29.3 Å². The Balaban J connectivity index is 0.873. The number of ether oxygens (including phenoxy) is 2. The molecule has 0 bridgehead atoms. The minimum atomic E-state index is -4.56. The Kier molecular flexibility index (Phi) is 12.8. The van der Waals surface area contributed by atoms with Gasteiger partial charge in [-0.25, -0.2) is 9.97 Å². The molecule has 5 amide bonds. The van der Waals surface area contributed by atoms with Gasteiger partial charge in [0.15, 0.2) is 11.5 Å². The molecule has 328 valence electrons. The molecule has 3 aliphatic rings. The summed E-state index contributed by atoms with van der Waals surface area (Å²) in [6.07, 6.45) is -0.473. The molecule has 1 unspecified atom stereocenters. The minimum Gasteiger partial charge on any atom is -0.493 e. The van der Waals surface area contributed by atoms with Crippen molar-refractivity contribution in [2.75, 3.05) is 36.6 Å². The van der Waals surface area contributed by atoms with E-state index in [1.54, 1.807) is 49.1 Å². The summed E-state index contributed by atoms with van der Waals surface area (Å²) in [5, 5.41) is 9.00. The molecule has 5 N–H and O–H groups in total. The van der Waals surface area contributed by atoms with Crippen LogP contribution in [0.1, 0.15) is 104 Å². The van der Waals surface area contributed by atoms with Crippen LogP contribution in [-0.2, 0) is 31.9 Å². The fourth-order valence-electron chi connectivity index (χ4n) is 8.21. The zero-order valence-corrected chi connectivity index (χ0v) is 34.7. The van der Waals surface area contributed by atoms with E-state index in [1.807, 2.05) is 0 Å². The van der Waals surface area contributed by atoms with Gasteiger partial charge in [-0.05, 0) is 75.1 Å². The molecule has 7 rings (SSSR count). The standard InChI is InChI=1S/C44H49F3N8O7/c1-24(26-17-27(44(45,46)47)19-28(48)18-26)49-41-31-20-37(36(61-3)21-34(31)50-25(2)51-41)62-29-15-16-54(22-29)40(58)12-7-5-4-6-11-38(56)52-33-10-8-9-30-32(33)23-55(43(30)60)35-13-14-39(57)53-42(35)59/h8-10,17-21,24,29,35H,4-7,11-16,22-23,48H2,1-3H3,(H,52,56)(H,49,50,51)(H,53,57,59)/t24-,29+,35?/m1/s1. The van der Waals surface area contributed by atoms with Crippen LogP contribution >= 0.6 is 0 Å². The van der Waals surface area contributed by atoms with Gasteiger partial charge in [0.2, 0.25) is 23.6 Å². The molecule has 3 aromatic carbocycles. The summed E-state index contributed by atoms with van der Waals surface area (Å²) in [6.45, 7) is 4.49. The number of aryl methyl sites for hydroxylation is 1. The molecule has 4 heterocycles. The second-order valence-electron chi connectivity index (χ2n) is 16.0. The molecular formula is C44H49F3N8O7. The third kappa shape index (κ3) is 9.84. The van der Waals surface area contributed by atoms with Crippen molar-refractivity contribution in [1.29, 1.82) is 0 Å². The first-order valence-corrected chi connectivity index (χ1v) is 20.7. The number of likely N-dealkylation sites (tertiary alicyclic amines) is 1. The van der Waals surface area contributed by atoms with Crippen LogP contribution in [-0.4, -0.2) is 81.6 Å². The van der Waals surface area contributed by atoms with E-state index in [0.717, 1.165) is 25.0 Å². The van der Waals surface area contributed by atoms with Crippen LogP contribution < -0.4 is 31.2 Å². The van der Waals surface area contributed by atoms with E-state index in [4.69, 9.17) is 15.2 Å². The van der Waals surface area contributed by atoms with Gasteiger partial charge in [-0.1, -0.05) is 18.9 Å². The Morgan fingerprint density at radius 2 is 1.77 bits per heavy atom. The van der Waals surface area contributed by atoms with E-state index < -0.39 is 29.7 Å². The molecule has 62 heavy (non-hydrogen) atoms. The molecule has 0 saturated carbocycles. The number of aromatic nitrogens is 2. The molecular weight excluding hydrogens is 810 g/mol. The van der Waals surface area contributed by atoms with Crippen molar-refractivity contribution in [3.63, 3.8) is 0 Å². The number of alkyl halides is 3. The summed E-state index contributed by atoms with van der Waals surface area (Å²) >= 11 is 0. The molecule has 18 heteroatoms. The smallest absolute Gasteiger partial charge is 0.416 e. The molecule has 1 aromatic heterocycles. The number of methoxy groups -OCH3 is 1. The van der Waals surface area contributed by atoms with Crippen LogP contribution in [0.3, 0.4) is 0 Å². The summed E-state index contributed by atoms with van der Waals surface area (Å²) < 4.78 is 52.6. The van der Waals surface area contributed by atoms with Crippen molar-refractivity contribution in [1.82, 2.24) is 25.1 Å². The van der Waals surface area contributed by atoms with Gasteiger partial charge in [0, 0.05) is 72.7 Å². The van der Waals surface area contributed by atoms with Gasteiger partial charge < -0.3 is 35.6 Å². The van der Waals surface area contributed by atoms with Crippen molar-refractivity contribution in [3.05, 3.63) is 76.6 Å². The number of nitrogens with one attached hydrogen (secondary N) is 3. The minimum absolute atomic E-state index is 0.00703. The van der Waals surface area contributed by atoms with Crippen LogP contribution in [0.15, 0.2) is 48.5 Å². The Labute approximate surface area is 355 Å². The van der Waals surface area contributed by atoms with Gasteiger partial charge in [0.1, 0.15) is 23.8 Å². The number of fused-ring (bicyclic) bond motifs is 2. The molecule has 4 aromatic rings. The number of amides is 5. The van der Waals surface area contributed by atoms with Gasteiger partial charge in [-0.2, -0.15) is 13.2 Å². The maximum absolute atomic E-state index is 13.5. The predicted molar refractivity (Wildman–Crippen MR) is 223 cm³/mol. The first kappa shape index (κ1) is 43.6. The second-order valence-corrected chi connectivity index (χ2v) is 16.0. The zero-order valence-electron chi connectivity index (χ0n) is 34.7. The Hall–Kier alpha value is -6.46. The number of carbonyl (C=O) groups excluding carboxylic acids is 5. The van der Waals surface area contributed by atoms with Crippen LogP contribution in [0.4, 0.5) is 30.4 Å². The number of carbonyl (C=O) groups is 5. The fourth-order valence-corrected chi connectivity index (χ4v) is 8.21. The number of imide groups is 1. The Morgan fingerprint density at radius 3 is 2.52 bits per heavy atom. The number of hydrogen-bond acceptors (Lipinski definition) is 11. The number of halogens is 3. The van der Waals surface area contributed by atoms with Gasteiger partial charge >= 0.3 is 6.18 Å². The number of nitrogen functional groups attached to an aromatic ring is 1. The van der Waals surface area contributed by atoms with E-state index in [1.165, 1.54) is 18.1 Å². The first-order chi connectivity index (χ1) is 29.6. The summed E-state index contributed by atoms with van der Waals surface area (Å²) in [4.78, 5) is 75.5. The maximum atomic E-state index is 13.5. The first-order valence-electron chi connectivity index (χ1n) is 20.7. The van der Waals surface area contributed by atoms with E-state index in [9.17, 15) is 37.1 Å². The van der Waals surface area contributed by atoms with E-state index in [0.29, 0.717) is 95.2 Å². The zero-order chi connectivity index (χ0) is 44.3. The molecule has 0 radical (unpaired) electrons. The Morgan fingerprint density at radius 1 is 1.00 bits per heavy atom. The van der Waals surface area contributed by atoms with Crippen molar-refractivity contribution in [2.24, 2.45) is 0 Å². The number of nitrogens with zero attached hydrogens (tertiary/aromatic N) is 4. The lowest BCUT2D eigenvalue weighted by Gasteiger charge is -2.29. The average Bonchev–Trinajstić information content (AvgIpc) is 3.83. The summed E-state index contributed by atoms with van der Waals surface area (Å²) in [5.74, 6) is 0.326. The molecule has 3 aliphatic heterocycles. The van der Waals surface area contributed by atoms with Crippen molar-refractivity contribution >= 4 is 57.6 Å². The Bertz CT molecular complexity index is 2410. The molecule has 3 atom stereocenters. The SMILES string of the molecule is COc1cc2nc(C)nc(N[C@H](C)c3cc(N)cc(C(F)(F)F)c3)c2cc1O[C@H]1CCN(C(=O)CCCCCCC(=O)Nc2cccc3c2CN(C2CCC(=O)NC2=O)C3=O)C1. The molecule has 0 aliphatic carbocycles. The monoisotopic (exact) mass is 858 g/mol. The highest BCUT2D eigenvalue weighted by atomic mass is 19.4. The van der Waals surface area contributed by atoms with Crippen molar-refractivity contribution in [3.8, 4) is 11.5 Å². The van der Waals surface area contributed by atoms with Gasteiger partial charge in [0.05, 0.1) is 30.8 Å². The second kappa shape index (κ2) is 18.3. The highest BCUT2D eigenvalue weighted by Gasteiger charge is 2.40. The maximum Gasteiger partial charge on any atom is 0.416 e. The van der Waals surface area contributed by atoms with Crippen molar-refractivity contribution in [2.45, 2.75) is 103 Å². The third-order valence-corrected chi connectivity index (χ3v) is 11.4. The number of anilines is 3. The number of rotatable bonds is 15. The van der Waals surface area contributed by atoms with Crippen LogP contribution in [0.2, 0.25) is 0 Å². The fraction of sp³-hybridized carbons (Fsp3) is 0.432. The number of benzene rings is 3. The molecule has 2 fully saturated rings. The van der Waals surface area contributed by atoms with Crippen molar-refractivity contribution < 1.29 is 46.6 Å². The van der Waals surface area contributed by atoms with Crippen LogP contribution in [0, 0.1) is 6.92 Å². The highest BCUT2D eigenvalue weighted by Crippen LogP contribution is 2.38. The summed E-state index contributed by atoms with van der Waals surface area (Å²) in [5.41, 5.74) is 7.44. The lowest BCUT2D eigenvalue weighted by molar-refractivity contribution is -0.138. The van der Waals surface area contributed by atoms with Crippen LogP contribution in [0.25, 0.3) is 10.9 Å². The molecule has 2 saturated heterocycles. The quantitative estimate of drug-likeness (QED) is 0.0583. The number of hydrogen-bond donors (Lipinski definition) is 4. The lowest BCUT2D eigenvalue weighted by Crippen LogP contribution is -2.52. The highest BCUT2D eigenvalue weighted by molar-refractivity contribution is 6.06. The van der Waals surface area contributed by atoms with E-state index in [-0.39, 0.29) is 61.2 Å². The van der Waals surface area contributed by atoms with E-state index >= 15 is 0 Å². The topological polar surface area (TPSA) is 198 Å². The number of unbranched alkanes of at least 4 members (excludes halogenated alkanes) is 3. The average molecular weight is 859 g/mol. The number of piperidine rings is 1. The van der Waals surface area contributed by atoms with Gasteiger partial charge in [-0.15, -0.1) is 0 Å². The lowest BCUT2D eigenvalue weighted by atomic mass is 10.0. The van der Waals surface area contributed by atoms with Gasteiger partial charge in [0.25, 0.3) is 5.91 Å². The summed E-state index contributed by atoms with van der Waals surface area (Å²) in [7, 11) is 1.51.